The van der Waals surface area contributed by atoms with E-state index in [1.807, 2.05) is 60.7 Å². The molecule has 4 rings (SSSR count). The van der Waals surface area contributed by atoms with Gasteiger partial charge in [0.2, 0.25) is 0 Å². The van der Waals surface area contributed by atoms with Gasteiger partial charge in [-0.3, -0.25) is 0 Å². The topological polar surface area (TPSA) is 66.4 Å². The zero-order valence-corrected chi connectivity index (χ0v) is 19.9. The first-order valence-corrected chi connectivity index (χ1v) is 11.4. The predicted molar refractivity (Wildman–Crippen MR) is 130 cm³/mol. The van der Waals surface area contributed by atoms with Crippen LogP contribution in [0.25, 0.3) is 0 Å². The number of hydrogen-bond donors (Lipinski definition) is 1. The van der Waals surface area contributed by atoms with Crippen LogP contribution in [0.3, 0.4) is 0 Å². The van der Waals surface area contributed by atoms with Crippen molar-refractivity contribution in [2.75, 3.05) is 34.5 Å². The van der Waals surface area contributed by atoms with Gasteiger partial charge in [0.05, 0.1) is 34.0 Å². The summed E-state index contributed by atoms with van der Waals surface area (Å²) in [4.78, 5) is 0. The number of benzene rings is 3. The summed E-state index contributed by atoms with van der Waals surface area (Å²) in [6.45, 7) is 1.09. The molecule has 6 heteroatoms. The summed E-state index contributed by atoms with van der Waals surface area (Å²) in [5.41, 5.74) is 3.19. The molecule has 1 aliphatic heterocycles. The number of ether oxygens (including phenoxy) is 5. The summed E-state index contributed by atoms with van der Waals surface area (Å²) in [6.07, 6.45) is 0.565. The van der Waals surface area contributed by atoms with Gasteiger partial charge in [-0.15, -0.1) is 0 Å². The molecule has 3 aromatic rings. The highest BCUT2D eigenvalue weighted by Gasteiger charge is 2.38. The molecule has 1 heterocycles. The SMILES string of the molecule is COc1ccc([C@@H]2OC[C@@H](Cc3ccc(OCc4ccccc4)c(OC)c3)[C@H]2CO)cc1OC. The molecule has 1 aliphatic rings. The second-order valence-corrected chi connectivity index (χ2v) is 8.44. The lowest BCUT2D eigenvalue weighted by molar-refractivity contribution is 0.0717. The Morgan fingerprint density at radius 2 is 1.50 bits per heavy atom. The first-order chi connectivity index (χ1) is 16.7. The van der Waals surface area contributed by atoms with Crippen LogP contribution in [-0.4, -0.2) is 39.6 Å². The van der Waals surface area contributed by atoms with Crippen LogP contribution in [0.5, 0.6) is 23.0 Å². The van der Waals surface area contributed by atoms with Crippen LogP contribution < -0.4 is 18.9 Å². The maximum absolute atomic E-state index is 10.2. The molecule has 0 spiro atoms. The molecule has 1 fully saturated rings. The summed E-state index contributed by atoms with van der Waals surface area (Å²) in [6, 6.07) is 21.8. The van der Waals surface area contributed by atoms with Crippen molar-refractivity contribution in [3.8, 4) is 23.0 Å². The van der Waals surface area contributed by atoms with E-state index in [9.17, 15) is 5.11 Å². The van der Waals surface area contributed by atoms with Crippen LogP contribution in [0.4, 0.5) is 0 Å². The van der Waals surface area contributed by atoms with Gasteiger partial charge in [0.25, 0.3) is 0 Å². The smallest absolute Gasteiger partial charge is 0.161 e. The van der Waals surface area contributed by atoms with E-state index in [4.69, 9.17) is 23.7 Å². The van der Waals surface area contributed by atoms with Gasteiger partial charge < -0.3 is 28.8 Å². The van der Waals surface area contributed by atoms with Crippen molar-refractivity contribution < 1.29 is 28.8 Å². The standard InChI is InChI=1S/C28H32O6/c1-30-24-12-10-21(15-27(24)32-3)28-23(16-29)22(18-34-28)13-20-9-11-25(26(14-20)31-2)33-17-19-7-5-4-6-8-19/h4-12,14-15,22-23,28-29H,13,16-18H2,1-3H3/t22-,23-,28+/m1/s1. The van der Waals surface area contributed by atoms with Gasteiger partial charge in [-0.2, -0.15) is 0 Å². The van der Waals surface area contributed by atoms with Crippen LogP contribution in [0.15, 0.2) is 66.7 Å². The van der Waals surface area contributed by atoms with Crippen molar-refractivity contribution in [1.29, 1.82) is 0 Å². The van der Waals surface area contributed by atoms with Crippen LogP contribution in [0.1, 0.15) is 22.8 Å². The molecule has 0 aromatic heterocycles. The number of hydrogen-bond acceptors (Lipinski definition) is 6. The third-order valence-corrected chi connectivity index (χ3v) is 6.39. The molecule has 0 amide bonds. The normalized spacial score (nSPS) is 19.6. The molecule has 0 bridgehead atoms. The van der Waals surface area contributed by atoms with Crippen LogP contribution in [0, 0.1) is 11.8 Å². The van der Waals surface area contributed by atoms with Gasteiger partial charge in [-0.05, 0) is 53.3 Å². The Morgan fingerprint density at radius 3 is 2.21 bits per heavy atom. The molecular formula is C28H32O6. The van der Waals surface area contributed by atoms with E-state index < -0.39 is 0 Å². The van der Waals surface area contributed by atoms with Crippen molar-refractivity contribution in [2.45, 2.75) is 19.1 Å². The second-order valence-electron chi connectivity index (χ2n) is 8.44. The van der Waals surface area contributed by atoms with E-state index in [0.29, 0.717) is 36.2 Å². The molecule has 180 valence electrons. The maximum Gasteiger partial charge on any atom is 0.161 e. The minimum Gasteiger partial charge on any atom is -0.493 e. The fourth-order valence-electron chi connectivity index (χ4n) is 4.55. The van der Waals surface area contributed by atoms with Gasteiger partial charge in [0.1, 0.15) is 6.61 Å². The van der Waals surface area contributed by atoms with Gasteiger partial charge in [0, 0.05) is 12.5 Å². The fourth-order valence-corrected chi connectivity index (χ4v) is 4.55. The summed E-state index contributed by atoms with van der Waals surface area (Å²) < 4.78 is 28.5. The molecule has 3 aromatic carbocycles. The Morgan fingerprint density at radius 1 is 0.794 bits per heavy atom. The Balaban J connectivity index is 1.45. The lowest BCUT2D eigenvalue weighted by Gasteiger charge is -2.22. The lowest BCUT2D eigenvalue weighted by atomic mass is 9.84. The second kappa shape index (κ2) is 11.3. The number of rotatable bonds is 10. The molecule has 0 radical (unpaired) electrons. The number of aliphatic hydroxyl groups is 1. The van der Waals surface area contributed by atoms with Crippen molar-refractivity contribution in [1.82, 2.24) is 0 Å². The average molecular weight is 465 g/mol. The molecule has 6 nitrogen and oxygen atoms in total. The van der Waals surface area contributed by atoms with E-state index in [1.54, 1.807) is 21.3 Å². The minimum absolute atomic E-state index is 0.0295. The number of methoxy groups -OCH3 is 3. The van der Waals surface area contributed by atoms with Gasteiger partial charge >= 0.3 is 0 Å². The molecule has 0 aliphatic carbocycles. The first kappa shape index (κ1) is 23.9. The van der Waals surface area contributed by atoms with Crippen molar-refractivity contribution >= 4 is 0 Å². The highest BCUT2D eigenvalue weighted by Crippen LogP contribution is 2.42. The largest absolute Gasteiger partial charge is 0.493 e. The first-order valence-electron chi connectivity index (χ1n) is 11.4. The Kier molecular flexibility index (Phi) is 7.93. The van der Waals surface area contributed by atoms with E-state index >= 15 is 0 Å². The average Bonchev–Trinajstić information content (AvgIpc) is 3.30. The van der Waals surface area contributed by atoms with Crippen molar-refractivity contribution in [2.24, 2.45) is 11.8 Å². The van der Waals surface area contributed by atoms with Gasteiger partial charge in [-0.25, -0.2) is 0 Å². The van der Waals surface area contributed by atoms with E-state index in [1.165, 1.54) is 0 Å². The van der Waals surface area contributed by atoms with Gasteiger partial charge in [0.15, 0.2) is 23.0 Å². The highest BCUT2D eigenvalue weighted by atomic mass is 16.5. The Hall–Kier alpha value is -3.22. The van der Waals surface area contributed by atoms with Crippen molar-refractivity contribution in [3.63, 3.8) is 0 Å². The monoisotopic (exact) mass is 464 g/mol. The van der Waals surface area contributed by atoms with E-state index in [0.717, 1.165) is 23.1 Å². The molecule has 0 saturated carbocycles. The highest BCUT2D eigenvalue weighted by molar-refractivity contribution is 5.45. The summed E-state index contributed by atoms with van der Waals surface area (Å²) in [5.74, 6) is 2.87. The zero-order valence-electron chi connectivity index (χ0n) is 19.9. The van der Waals surface area contributed by atoms with E-state index in [2.05, 4.69) is 6.07 Å². The molecular weight excluding hydrogens is 432 g/mol. The predicted octanol–water partition coefficient (Wildman–Crippen LogP) is 4.83. The van der Waals surface area contributed by atoms with Crippen LogP contribution in [0.2, 0.25) is 0 Å². The Labute approximate surface area is 201 Å². The quantitative estimate of drug-likeness (QED) is 0.464. The van der Waals surface area contributed by atoms with E-state index in [-0.39, 0.29) is 24.5 Å². The van der Waals surface area contributed by atoms with Gasteiger partial charge in [-0.1, -0.05) is 42.5 Å². The molecule has 1 saturated heterocycles. The maximum atomic E-state index is 10.2. The van der Waals surface area contributed by atoms with Crippen molar-refractivity contribution in [3.05, 3.63) is 83.4 Å². The molecule has 1 N–H and O–H groups in total. The Bertz CT molecular complexity index is 1070. The zero-order chi connectivity index (χ0) is 23.9. The van der Waals surface area contributed by atoms with Crippen LogP contribution >= 0.6 is 0 Å². The lowest BCUT2D eigenvalue weighted by Crippen LogP contribution is -2.21. The summed E-state index contributed by atoms with van der Waals surface area (Å²) in [7, 11) is 4.88. The minimum atomic E-state index is -0.204. The molecule has 34 heavy (non-hydrogen) atoms. The summed E-state index contributed by atoms with van der Waals surface area (Å²) in [5, 5.41) is 10.2. The molecule has 0 unspecified atom stereocenters. The molecule has 3 atom stereocenters. The third-order valence-electron chi connectivity index (χ3n) is 6.39. The summed E-state index contributed by atoms with van der Waals surface area (Å²) >= 11 is 0. The number of aliphatic hydroxyl groups excluding tert-OH is 1. The fraction of sp³-hybridized carbons (Fsp3) is 0.357. The third kappa shape index (κ3) is 5.29. The van der Waals surface area contributed by atoms with Crippen LogP contribution in [-0.2, 0) is 17.8 Å².